The van der Waals surface area contributed by atoms with Gasteiger partial charge in [0.25, 0.3) is 0 Å². The van der Waals surface area contributed by atoms with Crippen molar-refractivity contribution < 1.29 is 9.53 Å². The third-order valence-corrected chi connectivity index (χ3v) is 3.08. The van der Waals surface area contributed by atoms with E-state index in [1.54, 1.807) is 19.1 Å². The molecule has 0 saturated heterocycles. The van der Waals surface area contributed by atoms with Crippen LogP contribution in [0.5, 0.6) is 0 Å². The first-order valence-electron chi connectivity index (χ1n) is 6.34. The summed E-state index contributed by atoms with van der Waals surface area (Å²) in [6.07, 6.45) is 0. The number of likely N-dealkylation sites (N-methyl/N-ethyl adjacent to an activating group) is 1. The molecule has 0 radical (unpaired) electrons. The van der Waals surface area contributed by atoms with Crippen LogP contribution in [0.2, 0.25) is 0 Å². The Morgan fingerprint density at radius 1 is 1.37 bits per heavy atom. The van der Waals surface area contributed by atoms with Crippen molar-refractivity contribution in [2.75, 3.05) is 26.1 Å². The molecule has 1 rings (SSSR count). The van der Waals surface area contributed by atoms with Crippen LogP contribution in [0.4, 0.5) is 10.5 Å². The van der Waals surface area contributed by atoms with Crippen molar-refractivity contribution in [2.45, 2.75) is 25.9 Å². The van der Waals surface area contributed by atoms with Gasteiger partial charge in [0, 0.05) is 25.9 Å². The summed E-state index contributed by atoms with van der Waals surface area (Å²) in [4.78, 5) is 13.6. The van der Waals surface area contributed by atoms with Gasteiger partial charge in [-0.05, 0) is 31.5 Å². The Bertz CT molecular complexity index is 404. The molecule has 0 aromatic heterocycles. The van der Waals surface area contributed by atoms with Crippen molar-refractivity contribution in [2.24, 2.45) is 5.73 Å². The molecule has 0 saturated carbocycles. The summed E-state index contributed by atoms with van der Waals surface area (Å²) in [5.41, 5.74) is 7.57. The minimum Gasteiger partial charge on any atom is -0.383 e. The molecule has 0 aliphatic carbocycles. The largest absolute Gasteiger partial charge is 0.383 e. The quantitative estimate of drug-likeness (QED) is 0.857. The number of ether oxygens (including phenoxy) is 1. The number of nitrogens with zero attached hydrogens (tertiary/aromatic N) is 1. The number of rotatable bonds is 5. The van der Waals surface area contributed by atoms with Gasteiger partial charge in [0.2, 0.25) is 0 Å². The van der Waals surface area contributed by atoms with E-state index in [0.29, 0.717) is 6.61 Å². The number of nitrogens with one attached hydrogen (secondary N) is 1. The second-order valence-corrected chi connectivity index (χ2v) is 4.76. The third kappa shape index (κ3) is 4.54. The predicted molar refractivity (Wildman–Crippen MR) is 77.2 cm³/mol. The van der Waals surface area contributed by atoms with Gasteiger partial charge in [-0.3, -0.25) is 0 Å². The lowest BCUT2D eigenvalue weighted by atomic mass is 10.1. The molecule has 0 bridgehead atoms. The maximum atomic E-state index is 12.0. The fraction of sp³-hybridized carbons (Fsp3) is 0.500. The highest BCUT2D eigenvalue weighted by atomic mass is 16.5. The summed E-state index contributed by atoms with van der Waals surface area (Å²) in [7, 11) is 3.37. The van der Waals surface area contributed by atoms with Crippen LogP contribution >= 0.6 is 0 Å². The molecule has 106 valence electrons. The van der Waals surface area contributed by atoms with Crippen LogP contribution in [0.15, 0.2) is 24.3 Å². The molecule has 0 fully saturated rings. The topological polar surface area (TPSA) is 67.6 Å². The molecule has 2 amide bonds. The van der Waals surface area contributed by atoms with Gasteiger partial charge < -0.3 is 20.7 Å². The van der Waals surface area contributed by atoms with Crippen LogP contribution in [0.1, 0.15) is 25.5 Å². The van der Waals surface area contributed by atoms with E-state index >= 15 is 0 Å². The number of carbonyl (C=O) groups excluding carboxylic acids is 1. The molecule has 19 heavy (non-hydrogen) atoms. The van der Waals surface area contributed by atoms with Gasteiger partial charge in [-0.2, -0.15) is 0 Å². The Morgan fingerprint density at radius 3 is 2.42 bits per heavy atom. The number of urea groups is 1. The molecule has 1 aromatic carbocycles. The summed E-state index contributed by atoms with van der Waals surface area (Å²) in [5.74, 6) is 0. The monoisotopic (exact) mass is 265 g/mol. The Kier molecular flexibility index (Phi) is 5.79. The van der Waals surface area contributed by atoms with Gasteiger partial charge >= 0.3 is 6.03 Å². The first kappa shape index (κ1) is 15.5. The lowest BCUT2D eigenvalue weighted by molar-refractivity contribution is 0.128. The number of nitrogens with two attached hydrogens (primary N) is 1. The van der Waals surface area contributed by atoms with Gasteiger partial charge in [0.15, 0.2) is 0 Å². The van der Waals surface area contributed by atoms with Gasteiger partial charge in [-0.25, -0.2) is 4.79 Å². The number of benzene rings is 1. The van der Waals surface area contributed by atoms with E-state index in [1.807, 2.05) is 38.1 Å². The van der Waals surface area contributed by atoms with Crippen molar-refractivity contribution in [1.29, 1.82) is 0 Å². The summed E-state index contributed by atoms with van der Waals surface area (Å²) in [6.45, 7) is 4.36. The van der Waals surface area contributed by atoms with E-state index in [2.05, 4.69) is 5.32 Å². The first-order valence-corrected chi connectivity index (χ1v) is 6.34. The molecule has 0 aliphatic rings. The Morgan fingerprint density at radius 2 is 1.95 bits per heavy atom. The van der Waals surface area contributed by atoms with Gasteiger partial charge in [0.05, 0.1) is 12.6 Å². The van der Waals surface area contributed by atoms with Crippen molar-refractivity contribution in [1.82, 2.24) is 4.90 Å². The van der Waals surface area contributed by atoms with Crippen LogP contribution in [0.3, 0.4) is 0 Å². The highest BCUT2D eigenvalue weighted by Crippen LogP contribution is 2.14. The smallest absolute Gasteiger partial charge is 0.321 e. The predicted octanol–water partition coefficient (Wildman–Crippen LogP) is 2.20. The SMILES string of the molecule is COCC(C)N(C)C(=O)Nc1ccc(C(C)N)cc1. The Balaban J connectivity index is 2.61. The number of hydrogen-bond donors (Lipinski definition) is 2. The summed E-state index contributed by atoms with van der Waals surface area (Å²) in [6, 6.07) is 7.40. The normalized spacial score (nSPS) is 13.7. The second-order valence-electron chi connectivity index (χ2n) is 4.76. The Labute approximate surface area is 114 Å². The molecule has 5 heteroatoms. The van der Waals surface area contributed by atoms with Crippen LogP contribution in [-0.4, -0.2) is 37.7 Å². The van der Waals surface area contributed by atoms with Gasteiger partial charge in [0.1, 0.15) is 0 Å². The van der Waals surface area contributed by atoms with Gasteiger partial charge in [-0.15, -0.1) is 0 Å². The molecular weight excluding hydrogens is 242 g/mol. The zero-order valence-electron chi connectivity index (χ0n) is 12.0. The minimum absolute atomic E-state index is 0.00542. The van der Waals surface area contributed by atoms with Crippen LogP contribution < -0.4 is 11.1 Å². The van der Waals surface area contributed by atoms with E-state index in [4.69, 9.17) is 10.5 Å². The fourth-order valence-electron chi connectivity index (χ4n) is 1.63. The molecule has 0 heterocycles. The highest BCUT2D eigenvalue weighted by Gasteiger charge is 2.15. The molecule has 3 N–H and O–H groups in total. The third-order valence-electron chi connectivity index (χ3n) is 3.08. The maximum absolute atomic E-state index is 12.0. The van der Waals surface area contributed by atoms with E-state index in [-0.39, 0.29) is 18.1 Å². The van der Waals surface area contributed by atoms with E-state index in [1.165, 1.54) is 0 Å². The zero-order chi connectivity index (χ0) is 14.4. The lowest BCUT2D eigenvalue weighted by Crippen LogP contribution is -2.40. The minimum atomic E-state index is -0.155. The molecule has 1 aromatic rings. The fourth-order valence-corrected chi connectivity index (χ4v) is 1.63. The Hall–Kier alpha value is -1.59. The molecule has 2 atom stereocenters. The number of methoxy groups -OCH3 is 1. The maximum Gasteiger partial charge on any atom is 0.321 e. The summed E-state index contributed by atoms with van der Waals surface area (Å²) in [5, 5.41) is 2.84. The van der Waals surface area contributed by atoms with E-state index in [0.717, 1.165) is 11.3 Å². The second kappa shape index (κ2) is 7.11. The average molecular weight is 265 g/mol. The molecule has 0 spiro atoms. The first-order chi connectivity index (χ1) is 8.95. The van der Waals surface area contributed by atoms with Crippen molar-refractivity contribution in [3.05, 3.63) is 29.8 Å². The molecule has 0 aliphatic heterocycles. The zero-order valence-corrected chi connectivity index (χ0v) is 12.0. The summed E-state index contributed by atoms with van der Waals surface area (Å²) >= 11 is 0. The molecular formula is C14H23N3O2. The van der Waals surface area contributed by atoms with Gasteiger partial charge in [-0.1, -0.05) is 12.1 Å². The van der Waals surface area contributed by atoms with Crippen molar-refractivity contribution in [3.63, 3.8) is 0 Å². The molecule has 5 nitrogen and oxygen atoms in total. The van der Waals surface area contributed by atoms with E-state index in [9.17, 15) is 4.79 Å². The number of hydrogen-bond acceptors (Lipinski definition) is 3. The van der Waals surface area contributed by atoms with E-state index < -0.39 is 0 Å². The van der Waals surface area contributed by atoms with Crippen LogP contribution in [-0.2, 0) is 4.74 Å². The number of carbonyl (C=O) groups is 1. The van der Waals surface area contributed by atoms with Crippen molar-refractivity contribution >= 4 is 11.7 Å². The lowest BCUT2D eigenvalue weighted by Gasteiger charge is -2.24. The summed E-state index contributed by atoms with van der Waals surface area (Å²) < 4.78 is 5.03. The number of anilines is 1. The van der Waals surface area contributed by atoms with Crippen molar-refractivity contribution in [3.8, 4) is 0 Å². The average Bonchev–Trinajstić information content (AvgIpc) is 2.38. The van der Waals surface area contributed by atoms with Crippen LogP contribution in [0.25, 0.3) is 0 Å². The number of amides is 2. The highest BCUT2D eigenvalue weighted by molar-refractivity contribution is 5.89. The standard InChI is InChI=1S/C14H23N3O2/c1-10(9-19-4)17(3)14(18)16-13-7-5-12(6-8-13)11(2)15/h5-8,10-11H,9,15H2,1-4H3,(H,16,18). The van der Waals surface area contributed by atoms with Crippen LogP contribution in [0, 0.1) is 0 Å². The molecule has 2 unspecified atom stereocenters.